The second-order valence-electron chi connectivity index (χ2n) is 4.83. The van der Waals surface area contributed by atoms with E-state index in [-0.39, 0.29) is 12.4 Å². The van der Waals surface area contributed by atoms with Crippen molar-refractivity contribution in [3.05, 3.63) is 71.9 Å². The molecule has 0 saturated carbocycles. The van der Waals surface area contributed by atoms with Crippen molar-refractivity contribution in [3.8, 4) is 17.3 Å². The molecule has 22 heavy (non-hydrogen) atoms. The number of rotatable bonds is 4. The molecule has 0 radical (unpaired) electrons. The van der Waals surface area contributed by atoms with Gasteiger partial charge in [-0.15, -0.1) is 0 Å². The lowest BCUT2D eigenvalue weighted by Crippen LogP contribution is -2.01. The fourth-order valence-electron chi connectivity index (χ4n) is 2.03. The maximum Gasteiger partial charge on any atom is 0.217 e. The van der Waals surface area contributed by atoms with E-state index in [1.54, 1.807) is 30.6 Å². The van der Waals surface area contributed by atoms with E-state index < -0.39 is 0 Å². The van der Waals surface area contributed by atoms with E-state index in [0.29, 0.717) is 11.7 Å². The Labute approximate surface area is 127 Å². The van der Waals surface area contributed by atoms with E-state index in [0.717, 1.165) is 16.8 Å². The van der Waals surface area contributed by atoms with Crippen LogP contribution in [-0.4, -0.2) is 15.0 Å². The Kier molecular flexibility index (Phi) is 4.05. The number of aryl methyl sites for hydroxylation is 1. The average Bonchev–Trinajstić information content (AvgIpc) is 2.53. The molecule has 0 saturated heterocycles. The van der Waals surface area contributed by atoms with Gasteiger partial charge in [-0.25, -0.2) is 9.37 Å². The van der Waals surface area contributed by atoms with E-state index in [1.807, 2.05) is 19.1 Å². The summed E-state index contributed by atoms with van der Waals surface area (Å²) in [5, 5.41) is 0. The molecule has 0 amide bonds. The van der Waals surface area contributed by atoms with Crippen molar-refractivity contribution in [2.24, 2.45) is 0 Å². The Morgan fingerprint density at radius 3 is 2.64 bits per heavy atom. The summed E-state index contributed by atoms with van der Waals surface area (Å²) in [6, 6.07) is 11.7. The Morgan fingerprint density at radius 2 is 1.86 bits per heavy atom. The van der Waals surface area contributed by atoms with Gasteiger partial charge in [-0.3, -0.25) is 4.98 Å². The molecule has 0 aliphatic heterocycles. The maximum atomic E-state index is 13.2. The van der Waals surface area contributed by atoms with Crippen LogP contribution in [0.2, 0.25) is 0 Å². The highest BCUT2D eigenvalue weighted by atomic mass is 19.1. The monoisotopic (exact) mass is 295 g/mol. The first-order valence-corrected chi connectivity index (χ1v) is 6.84. The van der Waals surface area contributed by atoms with Crippen molar-refractivity contribution in [1.29, 1.82) is 0 Å². The molecule has 0 unspecified atom stereocenters. The van der Waals surface area contributed by atoms with E-state index in [9.17, 15) is 4.39 Å². The minimum atomic E-state index is -0.280. The van der Waals surface area contributed by atoms with E-state index in [4.69, 9.17) is 4.74 Å². The van der Waals surface area contributed by atoms with E-state index in [2.05, 4.69) is 15.0 Å². The molecule has 0 fully saturated rings. The number of ether oxygens (including phenoxy) is 1. The maximum absolute atomic E-state index is 13.2. The standard InChI is InChI=1S/C17H14FN3O/c1-12-9-16(22-11-13-3-2-4-15(18)10-13)21-17(20-12)14-5-7-19-8-6-14/h2-10H,11H2,1H3. The molecule has 5 heteroatoms. The van der Waals surface area contributed by atoms with Gasteiger partial charge in [0.2, 0.25) is 5.88 Å². The van der Waals surface area contributed by atoms with Crippen LogP contribution in [0.25, 0.3) is 11.4 Å². The summed E-state index contributed by atoms with van der Waals surface area (Å²) in [6.45, 7) is 2.13. The van der Waals surface area contributed by atoms with Crippen molar-refractivity contribution in [2.45, 2.75) is 13.5 Å². The summed E-state index contributed by atoms with van der Waals surface area (Å²) in [5.74, 6) is 0.762. The smallest absolute Gasteiger partial charge is 0.217 e. The summed E-state index contributed by atoms with van der Waals surface area (Å²) in [5.41, 5.74) is 2.42. The van der Waals surface area contributed by atoms with Gasteiger partial charge in [-0.1, -0.05) is 12.1 Å². The van der Waals surface area contributed by atoms with Crippen molar-refractivity contribution in [1.82, 2.24) is 15.0 Å². The molecule has 3 aromatic rings. The van der Waals surface area contributed by atoms with Crippen LogP contribution < -0.4 is 4.74 Å². The average molecular weight is 295 g/mol. The first kappa shape index (κ1) is 14.1. The molecule has 2 aromatic heterocycles. The quantitative estimate of drug-likeness (QED) is 0.738. The highest BCUT2D eigenvalue weighted by Crippen LogP contribution is 2.19. The van der Waals surface area contributed by atoms with Crippen LogP contribution in [0.15, 0.2) is 54.9 Å². The number of aromatic nitrogens is 3. The number of halogens is 1. The molecule has 0 spiro atoms. The van der Waals surface area contributed by atoms with Crippen molar-refractivity contribution < 1.29 is 9.13 Å². The van der Waals surface area contributed by atoms with Crippen LogP contribution in [-0.2, 0) is 6.61 Å². The van der Waals surface area contributed by atoms with Gasteiger partial charge in [0, 0.05) is 29.7 Å². The Morgan fingerprint density at radius 1 is 1.05 bits per heavy atom. The number of pyridine rings is 1. The van der Waals surface area contributed by atoms with Crippen molar-refractivity contribution >= 4 is 0 Å². The van der Waals surface area contributed by atoms with Crippen LogP contribution in [0.5, 0.6) is 5.88 Å². The molecular formula is C17H14FN3O. The largest absolute Gasteiger partial charge is 0.473 e. The number of nitrogens with zero attached hydrogens (tertiary/aromatic N) is 3. The SMILES string of the molecule is Cc1cc(OCc2cccc(F)c2)nc(-c2ccncc2)n1. The first-order valence-electron chi connectivity index (χ1n) is 6.84. The fraction of sp³-hybridized carbons (Fsp3) is 0.118. The van der Waals surface area contributed by atoms with Crippen LogP contribution in [0.3, 0.4) is 0 Å². The van der Waals surface area contributed by atoms with Gasteiger partial charge in [0.15, 0.2) is 5.82 Å². The predicted molar refractivity (Wildman–Crippen MR) is 80.7 cm³/mol. The Balaban J connectivity index is 1.81. The highest BCUT2D eigenvalue weighted by molar-refractivity contribution is 5.54. The van der Waals surface area contributed by atoms with Crippen molar-refractivity contribution in [3.63, 3.8) is 0 Å². The minimum Gasteiger partial charge on any atom is -0.473 e. The Bertz CT molecular complexity index is 778. The number of hydrogen-bond acceptors (Lipinski definition) is 4. The predicted octanol–water partition coefficient (Wildman–Crippen LogP) is 3.57. The summed E-state index contributed by atoms with van der Waals surface area (Å²) < 4.78 is 18.8. The van der Waals surface area contributed by atoms with Crippen LogP contribution >= 0.6 is 0 Å². The van der Waals surface area contributed by atoms with Gasteiger partial charge in [0.05, 0.1) is 0 Å². The molecule has 1 aromatic carbocycles. The molecule has 0 aliphatic rings. The first-order chi connectivity index (χ1) is 10.7. The third-order valence-electron chi connectivity index (χ3n) is 3.04. The second kappa shape index (κ2) is 6.30. The van der Waals surface area contributed by atoms with Crippen LogP contribution in [0.4, 0.5) is 4.39 Å². The van der Waals surface area contributed by atoms with Gasteiger partial charge in [0.1, 0.15) is 12.4 Å². The number of hydrogen-bond donors (Lipinski definition) is 0. The molecule has 0 atom stereocenters. The van der Waals surface area contributed by atoms with Gasteiger partial charge in [-0.2, -0.15) is 4.98 Å². The molecule has 2 heterocycles. The van der Waals surface area contributed by atoms with Gasteiger partial charge in [-0.05, 0) is 36.8 Å². The molecular weight excluding hydrogens is 281 g/mol. The third-order valence-corrected chi connectivity index (χ3v) is 3.04. The third kappa shape index (κ3) is 3.44. The zero-order chi connectivity index (χ0) is 15.4. The summed E-state index contributed by atoms with van der Waals surface area (Å²) in [4.78, 5) is 12.8. The molecule has 4 nitrogen and oxygen atoms in total. The van der Waals surface area contributed by atoms with Crippen LogP contribution in [0, 0.1) is 12.7 Å². The summed E-state index contributed by atoms with van der Waals surface area (Å²) >= 11 is 0. The summed E-state index contributed by atoms with van der Waals surface area (Å²) in [7, 11) is 0. The molecule has 110 valence electrons. The van der Waals surface area contributed by atoms with Crippen molar-refractivity contribution in [2.75, 3.05) is 0 Å². The lowest BCUT2D eigenvalue weighted by Gasteiger charge is -2.08. The molecule has 0 bridgehead atoms. The lowest BCUT2D eigenvalue weighted by atomic mass is 10.2. The normalized spacial score (nSPS) is 10.5. The highest BCUT2D eigenvalue weighted by Gasteiger charge is 2.06. The number of benzene rings is 1. The zero-order valence-corrected chi connectivity index (χ0v) is 12.0. The Hall–Kier alpha value is -2.82. The van der Waals surface area contributed by atoms with Gasteiger partial charge >= 0.3 is 0 Å². The molecule has 0 N–H and O–H groups in total. The second-order valence-corrected chi connectivity index (χ2v) is 4.83. The topological polar surface area (TPSA) is 47.9 Å². The summed E-state index contributed by atoms with van der Waals surface area (Å²) in [6.07, 6.45) is 3.38. The van der Waals surface area contributed by atoms with E-state index >= 15 is 0 Å². The molecule has 3 rings (SSSR count). The molecule has 0 aliphatic carbocycles. The fourth-order valence-corrected chi connectivity index (χ4v) is 2.03. The lowest BCUT2D eigenvalue weighted by molar-refractivity contribution is 0.293. The van der Waals surface area contributed by atoms with Gasteiger partial charge in [0.25, 0.3) is 0 Å². The van der Waals surface area contributed by atoms with Gasteiger partial charge < -0.3 is 4.74 Å². The minimum absolute atomic E-state index is 0.254. The van der Waals surface area contributed by atoms with Crippen LogP contribution in [0.1, 0.15) is 11.3 Å². The zero-order valence-electron chi connectivity index (χ0n) is 12.0. The van der Waals surface area contributed by atoms with E-state index in [1.165, 1.54) is 12.1 Å².